The molecule has 0 radical (unpaired) electrons. The lowest BCUT2D eigenvalue weighted by molar-refractivity contribution is 1.17. The third kappa shape index (κ3) is 2.14. The van der Waals surface area contributed by atoms with E-state index in [-0.39, 0.29) is 4.08 Å². The quantitative estimate of drug-likeness (QED) is 0.446. The van der Waals surface area contributed by atoms with Crippen molar-refractivity contribution in [2.24, 2.45) is 0 Å². The summed E-state index contributed by atoms with van der Waals surface area (Å²) in [7, 11) is 0. The highest BCUT2D eigenvalue weighted by Gasteiger charge is 2.14. The third-order valence-electron chi connectivity index (χ3n) is 1.18. The molecule has 0 aromatic carbocycles. The normalized spacial score (nSPS) is 11.4. The maximum Gasteiger partial charge on any atom is 0.0755 e. The van der Waals surface area contributed by atoms with Crippen LogP contribution in [0.5, 0.6) is 0 Å². The zero-order chi connectivity index (χ0) is 6.62. The van der Waals surface area contributed by atoms with Gasteiger partial charge in [0.05, 0.1) is 4.08 Å². The van der Waals surface area contributed by atoms with E-state index in [4.69, 9.17) is 0 Å². The van der Waals surface area contributed by atoms with Gasteiger partial charge in [-0.2, -0.15) is 0 Å². The monoisotopic (exact) mass is 148 g/mol. The van der Waals surface area contributed by atoms with Crippen molar-refractivity contribution in [1.82, 2.24) is 0 Å². The molecule has 0 saturated heterocycles. The molecule has 0 rings (SSSR count). The second-order valence-corrected chi connectivity index (χ2v) is 4.40. The predicted molar refractivity (Wildman–Crippen MR) is 45.6 cm³/mol. The zero-order valence-electron chi connectivity index (χ0n) is 5.60. The maximum atomic E-state index is 3.73. The summed E-state index contributed by atoms with van der Waals surface area (Å²) >= 11 is 3.63. The molecule has 0 aliphatic rings. The first-order valence-electron chi connectivity index (χ1n) is 2.42. The predicted octanol–water partition coefficient (Wildman–Crippen LogP) is 2.61. The van der Waals surface area contributed by atoms with Crippen molar-refractivity contribution in [1.29, 1.82) is 0 Å². The van der Waals surface area contributed by atoms with Gasteiger partial charge in [0, 0.05) is 0 Å². The number of rotatable bonds is 3. The minimum atomic E-state index is 0.222. The third-order valence-corrected chi connectivity index (χ3v) is 4.14. The van der Waals surface area contributed by atoms with Crippen molar-refractivity contribution in [3.8, 4) is 0 Å². The summed E-state index contributed by atoms with van der Waals surface area (Å²) in [5.74, 6) is 0. The first-order valence-corrected chi connectivity index (χ1v) is 4.87. The van der Waals surface area contributed by atoms with E-state index in [9.17, 15) is 0 Å². The van der Waals surface area contributed by atoms with Crippen molar-refractivity contribution in [2.45, 2.75) is 11.0 Å². The summed E-state index contributed by atoms with van der Waals surface area (Å²) in [6, 6.07) is 0. The molecule has 0 aromatic rings. The van der Waals surface area contributed by atoms with Crippen LogP contribution in [0.3, 0.4) is 0 Å². The van der Waals surface area contributed by atoms with E-state index >= 15 is 0 Å². The van der Waals surface area contributed by atoms with Gasteiger partial charge in [0.2, 0.25) is 0 Å². The molecule has 0 amide bonds. The summed E-state index contributed by atoms with van der Waals surface area (Å²) in [5, 5.41) is 0. The van der Waals surface area contributed by atoms with Crippen LogP contribution < -0.4 is 0 Å². The lowest BCUT2D eigenvalue weighted by atomic mass is 10.5. The SMILES string of the molecule is C=CC(C)(SC)SC. The molecular formula is C6H12S2. The second kappa shape index (κ2) is 3.46. The molecule has 0 unspecified atom stereocenters. The van der Waals surface area contributed by atoms with Crippen LogP contribution in [0.15, 0.2) is 12.7 Å². The molecule has 0 saturated carbocycles. The molecule has 0 atom stereocenters. The van der Waals surface area contributed by atoms with Crippen LogP contribution in [-0.4, -0.2) is 16.6 Å². The van der Waals surface area contributed by atoms with E-state index in [1.165, 1.54) is 0 Å². The van der Waals surface area contributed by atoms with Crippen molar-refractivity contribution in [3.63, 3.8) is 0 Å². The fourth-order valence-corrected chi connectivity index (χ4v) is 1.25. The first-order chi connectivity index (χ1) is 3.68. The lowest BCUT2D eigenvalue weighted by Gasteiger charge is -2.18. The number of thioether (sulfide) groups is 2. The highest BCUT2D eigenvalue weighted by atomic mass is 32.2. The van der Waals surface area contributed by atoms with Crippen LogP contribution in [0.4, 0.5) is 0 Å². The van der Waals surface area contributed by atoms with Gasteiger partial charge in [-0.15, -0.1) is 30.1 Å². The van der Waals surface area contributed by atoms with Gasteiger partial charge in [-0.3, -0.25) is 0 Å². The molecule has 0 aliphatic heterocycles. The molecule has 48 valence electrons. The first kappa shape index (κ1) is 8.44. The minimum absolute atomic E-state index is 0.222. The Morgan fingerprint density at radius 3 is 1.75 bits per heavy atom. The topological polar surface area (TPSA) is 0 Å². The van der Waals surface area contributed by atoms with Crippen LogP contribution in [0.2, 0.25) is 0 Å². The van der Waals surface area contributed by atoms with Crippen molar-refractivity contribution in [3.05, 3.63) is 12.7 Å². The van der Waals surface area contributed by atoms with Gasteiger partial charge in [0.15, 0.2) is 0 Å². The number of hydrogen-bond acceptors (Lipinski definition) is 2. The molecule has 0 N–H and O–H groups in total. The van der Waals surface area contributed by atoms with E-state index < -0.39 is 0 Å². The standard InChI is InChI=1S/C6H12S2/c1-5-6(2,7-3)8-4/h5H,1H2,2-4H3. The largest absolute Gasteiger partial charge is 0.144 e. The van der Waals surface area contributed by atoms with Crippen molar-refractivity contribution < 1.29 is 0 Å². The fourth-order valence-electron chi connectivity index (χ4n) is 0.250. The van der Waals surface area contributed by atoms with E-state index in [2.05, 4.69) is 26.0 Å². The molecule has 0 nitrogen and oxygen atoms in total. The Morgan fingerprint density at radius 2 is 1.75 bits per heavy atom. The van der Waals surface area contributed by atoms with Crippen LogP contribution >= 0.6 is 23.5 Å². The van der Waals surface area contributed by atoms with Crippen LogP contribution in [-0.2, 0) is 0 Å². The smallest absolute Gasteiger partial charge is 0.0755 e. The van der Waals surface area contributed by atoms with Gasteiger partial charge < -0.3 is 0 Å². The van der Waals surface area contributed by atoms with E-state index in [0.29, 0.717) is 0 Å². The second-order valence-electron chi connectivity index (χ2n) is 1.63. The van der Waals surface area contributed by atoms with Gasteiger partial charge in [0.1, 0.15) is 0 Å². The van der Waals surface area contributed by atoms with E-state index in [1.54, 1.807) is 0 Å². The zero-order valence-corrected chi connectivity index (χ0v) is 7.23. The fraction of sp³-hybridized carbons (Fsp3) is 0.667. The highest BCUT2D eigenvalue weighted by molar-refractivity contribution is 8.17. The van der Waals surface area contributed by atoms with Gasteiger partial charge in [-0.1, -0.05) is 6.08 Å². The van der Waals surface area contributed by atoms with Gasteiger partial charge in [-0.05, 0) is 19.4 Å². The van der Waals surface area contributed by atoms with Crippen molar-refractivity contribution in [2.75, 3.05) is 12.5 Å². The lowest BCUT2D eigenvalue weighted by Crippen LogP contribution is -2.07. The molecule has 0 heterocycles. The van der Waals surface area contributed by atoms with Crippen LogP contribution in [0.1, 0.15) is 6.92 Å². The van der Waals surface area contributed by atoms with E-state index in [0.717, 1.165) is 0 Å². The Balaban J connectivity index is 3.76. The summed E-state index contributed by atoms with van der Waals surface area (Å²) in [6.45, 7) is 5.89. The number of hydrogen-bond donors (Lipinski definition) is 0. The average molecular weight is 148 g/mol. The summed E-state index contributed by atoms with van der Waals surface area (Å²) in [6.07, 6.45) is 6.17. The Bertz CT molecular complexity index is 74.6. The Hall–Kier alpha value is 0.440. The molecule has 0 aromatic heterocycles. The molecule has 0 spiro atoms. The van der Waals surface area contributed by atoms with Crippen LogP contribution in [0.25, 0.3) is 0 Å². The minimum Gasteiger partial charge on any atom is -0.144 e. The Kier molecular flexibility index (Phi) is 3.65. The molecule has 0 fully saturated rings. The average Bonchev–Trinajstić information content (AvgIpc) is 1.87. The molecular weight excluding hydrogens is 136 g/mol. The Morgan fingerprint density at radius 1 is 1.38 bits per heavy atom. The molecule has 0 bridgehead atoms. The Labute approximate surface area is 60.1 Å². The van der Waals surface area contributed by atoms with Crippen LogP contribution in [0, 0.1) is 0 Å². The maximum absolute atomic E-state index is 3.73. The van der Waals surface area contributed by atoms with Gasteiger partial charge in [0.25, 0.3) is 0 Å². The molecule has 2 heteroatoms. The summed E-state index contributed by atoms with van der Waals surface area (Å²) in [4.78, 5) is 0. The van der Waals surface area contributed by atoms with Crippen molar-refractivity contribution >= 4 is 23.5 Å². The van der Waals surface area contributed by atoms with Gasteiger partial charge in [-0.25, -0.2) is 0 Å². The van der Waals surface area contributed by atoms with E-state index in [1.807, 2.05) is 29.6 Å². The summed E-state index contributed by atoms with van der Waals surface area (Å²) in [5.41, 5.74) is 0. The molecule has 0 aliphatic carbocycles. The summed E-state index contributed by atoms with van der Waals surface area (Å²) < 4.78 is 0.222. The molecule has 8 heavy (non-hydrogen) atoms. The van der Waals surface area contributed by atoms with Gasteiger partial charge >= 0.3 is 0 Å². The highest BCUT2D eigenvalue weighted by Crippen LogP contribution is 2.33.